The average Bonchev–Trinajstić information content (AvgIpc) is 2.67. The van der Waals surface area contributed by atoms with Crippen LogP contribution in [0.25, 0.3) is 0 Å². The van der Waals surface area contributed by atoms with Gasteiger partial charge in [-0.1, -0.05) is 31.9 Å². The Morgan fingerprint density at radius 2 is 2.19 bits per heavy atom. The predicted molar refractivity (Wildman–Crippen MR) is 74.0 cm³/mol. The lowest BCUT2D eigenvalue weighted by Crippen LogP contribution is -2.16. The van der Waals surface area contributed by atoms with Crippen molar-refractivity contribution in [2.45, 2.75) is 24.8 Å². The first kappa shape index (κ1) is 12.9. The number of alkyl halides is 1. The molecule has 1 nitrogen and oxygen atoms in total. The maximum absolute atomic E-state index is 6.55. The van der Waals surface area contributed by atoms with Crippen LogP contribution in [0.4, 0.5) is 0 Å². The summed E-state index contributed by atoms with van der Waals surface area (Å²) in [5.41, 5.74) is 1.14. The summed E-state index contributed by atoms with van der Waals surface area (Å²) < 4.78 is 7.69. The molecule has 0 amide bonds. The Hall–Kier alpha value is 0.430. The summed E-state index contributed by atoms with van der Waals surface area (Å²) in [6, 6.07) is 6.10. The summed E-state index contributed by atoms with van der Waals surface area (Å²) in [5, 5.41) is 0.00405. The fourth-order valence-electron chi connectivity index (χ4n) is 2.09. The molecule has 1 saturated heterocycles. The van der Waals surface area contributed by atoms with E-state index in [2.05, 4.69) is 44.8 Å². The molecule has 0 aliphatic carbocycles. The van der Waals surface area contributed by atoms with E-state index in [1.54, 1.807) is 0 Å². The van der Waals surface area contributed by atoms with Crippen molar-refractivity contribution < 1.29 is 4.74 Å². The van der Waals surface area contributed by atoms with E-state index in [-0.39, 0.29) is 11.5 Å². The SMILES string of the molecule is CC1OCCC1C(Cl)c1cc(Br)ccc1Br. The van der Waals surface area contributed by atoms with Crippen LogP contribution in [-0.2, 0) is 4.74 Å². The summed E-state index contributed by atoms with van der Waals surface area (Å²) in [7, 11) is 0. The Labute approximate surface area is 118 Å². The molecule has 1 aromatic carbocycles. The van der Waals surface area contributed by atoms with Gasteiger partial charge in [0, 0.05) is 21.5 Å². The summed E-state index contributed by atoms with van der Waals surface area (Å²) in [4.78, 5) is 0. The minimum absolute atomic E-state index is 0.00405. The first-order chi connectivity index (χ1) is 7.59. The van der Waals surface area contributed by atoms with Crippen molar-refractivity contribution in [2.75, 3.05) is 6.61 Å². The third-order valence-electron chi connectivity index (χ3n) is 3.07. The van der Waals surface area contributed by atoms with Crippen LogP contribution in [0.1, 0.15) is 24.3 Å². The number of halogens is 3. The van der Waals surface area contributed by atoms with E-state index in [9.17, 15) is 0 Å². The molecular weight excluding hydrogens is 355 g/mol. The zero-order chi connectivity index (χ0) is 11.7. The number of benzene rings is 1. The van der Waals surface area contributed by atoms with Crippen LogP contribution >= 0.6 is 43.5 Å². The van der Waals surface area contributed by atoms with Gasteiger partial charge in [0.05, 0.1) is 11.5 Å². The Kier molecular flexibility index (Phi) is 4.33. The molecule has 0 N–H and O–H groups in total. The zero-order valence-electron chi connectivity index (χ0n) is 8.92. The second kappa shape index (κ2) is 5.38. The number of rotatable bonds is 2. The van der Waals surface area contributed by atoms with Gasteiger partial charge in [0.1, 0.15) is 0 Å². The lowest BCUT2D eigenvalue weighted by atomic mass is 9.93. The van der Waals surface area contributed by atoms with Crippen molar-refractivity contribution >= 4 is 43.5 Å². The lowest BCUT2D eigenvalue weighted by molar-refractivity contribution is 0.105. The highest BCUT2D eigenvalue weighted by molar-refractivity contribution is 9.11. The molecule has 0 spiro atoms. The Morgan fingerprint density at radius 1 is 1.44 bits per heavy atom. The Balaban J connectivity index is 2.25. The molecule has 88 valence electrons. The molecule has 1 aliphatic heterocycles. The molecule has 0 bridgehead atoms. The van der Waals surface area contributed by atoms with Gasteiger partial charge in [-0.25, -0.2) is 0 Å². The number of hydrogen-bond donors (Lipinski definition) is 0. The van der Waals surface area contributed by atoms with Crippen LogP contribution in [0.2, 0.25) is 0 Å². The molecule has 3 unspecified atom stereocenters. The molecule has 2 rings (SSSR count). The maximum atomic E-state index is 6.55. The maximum Gasteiger partial charge on any atom is 0.0650 e. The molecule has 1 aliphatic rings. The quantitative estimate of drug-likeness (QED) is 0.674. The number of hydrogen-bond acceptors (Lipinski definition) is 1. The van der Waals surface area contributed by atoms with Gasteiger partial charge in [-0.05, 0) is 37.1 Å². The first-order valence-corrected chi connectivity index (χ1v) is 7.32. The van der Waals surface area contributed by atoms with Crippen molar-refractivity contribution in [3.8, 4) is 0 Å². The van der Waals surface area contributed by atoms with E-state index < -0.39 is 0 Å². The normalized spacial score (nSPS) is 27.0. The standard InChI is InChI=1S/C12H13Br2ClO/c1-7-9(4-5-16-7)12(15)10-6-8(13)2-3-11(10)14/h2-3,6-7,9,12H,4-5H2,1H3. The van der Waals surface area contributed by atoms with Crippen molar-refractivity contribution in [1.82, 2.24) is 0 Å². The second-order valence-electron chi connectivity index (χ2n) is 4.10. The number of ether oxygens (including phenoxy) is 1. The summed E-state index contributed by atoms with van der Waals surface area (Å²) in [6.07, 6.45) is 1.28. The highest BCUT2D eigenvalue weighted by atomic mass is 79.9. The topological polar surface area (TPSA) is 9.23 Å². The van der Waals surface area contributed by atoms with Crippen LogP contribution in [0.5, 0.6) is 0 Å². The molecule has 4 heteroatoms. The summed E-state index contributed by atoms with van der Waals surface area (Å²) >= 11 is 13.6. The van der Waals surface area contributed by atoms with Crippen molar-refractivity contribution in [3.05, 3.63) is 32.7 Å². The molecule has 0 radical (unpaired) electrons. The molecule has 0 saturated carbocycles. The van der Waals surface area contributed by atoms with Gasteiger partial charge in [0.2, 0.25) is 0 Å². The third-order valence-corrected chi connectivity index (χ3v) is 4.84. The van der Waals surface area contributed by atoms with E-state index in [0.29, 0.717) is 5.92 Å². The van der Waals surface area contributed by atoms with E-state index in [1.165, 1.54) is 0 Å². The van der Waals surface area contributed by atoms with Gasteiger partial charge in [0.25, 0.3) is 0 Å². The fraction of sp³-hybridized carbons (Fsp3) is 0.500. The first-order valence-electron chi connectivity index (χ1n) is 5.30. The van der Waals surface area contributed by atoms with Crippen molar-refractivity contribution in [1.29, 1.82) is 0 Å². The summed E-state index contributed by atoms with van der Waals surface area (Å²) in [6.45, 7) is 2.92. The van der Waals surface area contributed by atoms with Gasteiger partial charge in [-0.3, -0.25) is 0 Å². The van der Waals surface area contributed by atoms with Crippen LogP contribution < -0.4 is 0 Å². The monoisotopic (exact) mass is 366 g/mol. The van der Waals surface area contributed by atoms with Crippen LogP contribution in [-0.4, -0.2) is 12.7 Å². The molecule has 16 heavy (non-hydrogen) atoms. The largest absolute Gasteiger partial charge is 0.378 e. The van der Waals surface area contributed by atoms with Gasteiger partial charge < -0.3 is 4.74 Å². The third kappa shape index (κ3) is 2.63. The van der Waals surface area contributed by atoms with E-state index >= 15 is 0 Å². The predicted octanol–water partition coefficient (Wildman–Crippen LogP) is 4.92. The van der Waals surface area contributed by atoms with Crippen molar-refractivity contribution in [2.24, 2.45) is 5.92 Å². The van der Waals surface area contributed by atoms with Crippen LogP contribution in [0.15, 0.2) is 27.1 Å². The highest BCUT2D eigenvalue weighted by Gasteiger charge is 2.32. The minimum atomic E-state index is 0.00405. The molecule has 1 aromatic rings. The molecule has 0 aromatic heterocycles. The average molecular weight is 368 g/mol. The van der Waals surface area contributed by atoms with E-state index in [4.69, 9.17) is 16.3 Å². The van der Waals surface area contributed by atoms with Gasteiger partial charge in [0.15, 0.2) is 0 Å². The lowest BCUT2D eigenvalue weighted by Gasteiger charge is -2.21. The second-order valence-corrected chi connectivity index (χ2v) is 6.34. The Bertz CT molecular complexity index is 383. The zero-order valence-corrected chi connectivity index (χ0v) is 12.8. The van der Waals surface area contributed by atoms with E-state index in [1.807, 2.05) is 12.1 Å². The highest BCUT2D eigenvalue weighted by Crippen LogP contribution is 2.41. The smallest absolute Gasteiger partial charge is 0.0650 e. The minimum Gasteiger partial charge on any atom is -0.378 e. The fourth-order valence-corrected chi connectivity index (χ4v) is 3.60. The molecule has 1 heterocycles. The Morgan fingerprint density at radius 3 is 2.81 bits per heavy atom. The molecule has 3 atom stereocenters. The molecule has 1 fully saturated rings. The summed E-state index contributed by atoms with van der Waals surface area (Å²) in [5.74, 6) is 0.396. The van der Waals surface area contributed by atoms with E-state index in [0.717, 1.165) is 27.5 Å². The van der Waals surface area contributed by atoms with Gasteiger partial charge in [-0.15, -0.1) is 11.6 Å². The molecular formula is C12H13Br2ClO. The van der Waals surface area contributed by atoms with Crippen molar-refractivity contribution in [3.63, 3.8) is 0 Å². The van der Waals surface area contributed by atoms with Gasteiger partial charge >= 0.3 is 0 Å². The van der Waals surface area contributed by atoms with Crippen LogP contribution in [0, 0.1) is 5.92 Å². The van der Waals surface area contributed by atoms with Gasteiger partial charge in [-0.2, -0.15) is 0 Å². The van der Waals surface area contributed by atoms with Crippen LogP contribution in [0.3, 0.4) is 0 Å².